The van der Waals surface area contributed by atoms with E-state index < -0.39 is 24.2 Å². The van der Waals surface area contributed by atoms with Crippen molar-refractivity contribution in [3.8, 4) is 0 Å². The number of benzene rings is 1. The van der Waals surface area contributed by atoms with Crippen molar-refractivity contribution >= 4 is 18.0 Å². The van der Waals surface area contributed by atoms with Crippen LogP contribution in [-0.2, 0) is 38.6 Å². The first kappa shape index (κ1) is 22.6. The van der Waals surface area contributed by atoms with Crippen LogP contribution < -0.4 is 5.32 Å². The standard InChI is InChI=1S/C24H33N3O5/c1-31-23(29)21-12-19-15-27(21)22(28)13-25-11-6-4-2-3-5-8-17-9-7-10-18-14-26(16-20(17)18)24(30)32-19/h7,9-10,19,21,25H,2-6,8,11-16H2,1H3/t19-,21+/m1/s1. The van der Waals surface area contributed by atoms with Crippen molar-refractivity contribution in [3.63, 3.8) is 0 Å². The number of nitrogens with one attached hydrogen (secondary N) is 1. The lowest BCUT2D eigenvalue weighted by atomic mass is 9.98. The second-order valence-electron chi connectivity index (χ2n) is 8.93. The summed E-state index contributed by atoms with van der Waals surface area (Å²) in [6.07, 6.45) is 5.98. The molecule has 2 atom stereocenters. The van der Waals surface area contributed by atoms with Crippen molar-refractivity contribution in [2.45, 2.75) is 70.2 Å². The molecule has 3 heterocycles. The molecule has 8 nitrogen and oxygen atoms in total. The fourth-order valence-electron chi connectivity index (χ4n) is 4.98. The van der Waals surface area contributed by atoms with E-state index in [9.17, 15) is 14.4 Å². The van der Waals surface area contributed by atoms with Gasteiger partial charge in [-0.1, -0.05) is 37.5 Å². The van der Waals surface area contributed by atoms with Crippen molar-refractivity contribution in [1.82, 2.24) is 15.1 Å². The first-order valence-corrected chi connectivity index (χ1v) is 11.7. The monoisotopic (exact) mass is 443 g/mol. The third kappa shape index (κ3) is 5.06. The van der Waals surface area contributed by atoms with Crippen LogP contribution in [0.15, 0.2) is 18.2 Å². The highest BCUT2D eigenvalue weighted by Crippen LogP contribution is 2.29. The highest BCUT2D eigenvalue weighted by Gasteiger charge is 2.42. The van der Waals surface area contributed by atoms with Gasteiger partial charge in [0.15, 0.2) is 0 Å². The maximum atomic E-state index is 12.9. The van der Waals surface area contributed by atoms with Crippen LogP contribution in [0.4, 0.5) is 4.79 Å². The topological polar surface area (TPSA) is 88.2 Å². The summed E-state index contributed by atoms with van der Waals surface area (Å²) in [6, 6.07) is 5.60. The summed E-state index contributed by atoms with van der Waals surface area (Å²) < 4.78 is 10.6. The zero-order valence-corrected chi connectivity index (χ0v) is 18.8. The van der Waals surface area contributed by atoms with Crippen LogP contribution in [0.2, 0.25) is 0 Å². The van der Waals surface area contributed by atoms with Gasteiger partial charge in [0.2, 0.25) is 5.91 Å². The molecule has 0 radical (unpaired) electrons. The minimum Gasteiger partial charge on any atom is -0.467 e. The summed E-state index contributed by atoms with van der Waals surface area (Å²) in [5.74, 6) is -0.646. The van der Waals surface area contributed by atoms with E-state index in [1.54, 1.807) is 4.90 Å². The molecule has 4 bridgehead atoms. The number of esters is 1. The Bertz CT molecular complexity index is 858. The lowest BCUT2D eigenvalue weighted by Crippen LogP contribution is -2.45. The van der Waals surface area contributed by atoms with Gasteiger partial charge in [0.1, 0.15) is 12.1 Å². The van der Waals surface area contributed by atoms with Gasteiger partial charge in [0, 0.05) is 19.5 Å². The molecule has 3 aliphatic heterocycles. The van der Waals surface area contributed by atoms with Gasteiger partial charge in [0.05, 0.1) is 20.2 Å². The van der Waals surface area contributed by atoms with Gasteiger partial charge in [-0.05, 0) is 42.5 Å². The number of amides is 2. The average Bonchev–Trinajstić information content (AvgIpc) is 3.41. The molecular weight excluding hydrogens is 410 g/mol. The largest absolute Gasteiger partial charge is 0.467 e. The molecule has 174 valence electrons. The fraction of sp³-hybridized carbons (Fsp3) is 0.625. The summed E-state index contributed by atoms with van der Waals surface area (Å²) in [4.78, 5) is 41.1. The molecule has 1 fully saturated rings. The molecule has 1 N–H and O–H groups in total. The van der Waals surface area contributed by atoms with E-state index in [1.165, 1.54) is 41.5 Å². The number of hydrogen-bond acceptors (Lipinski definition) is 6. The lowest BCUT2D eigenvalue weighted by Gasteiger charge is -2.22. The maximum absolute atomic E-state index is 12.9. The van der Waals surface area contributed by atoms with E-state index in [1.807, 2.05) is 0 Å². The van der Waals surface area contributed by atoms with Gasteiger partial charge in [-0.3, -0.25) is 9.69 Å². The number of hydrogen-bond donors (Lipinski definition) is 1. The smallest absolute Gasteiger partial charge is 0.410 e. The number of fused-ring (bicyclic) bond motifs is 3. The van der Waals surface area contributed by atoms with E-state index in [0.717, 1.165) is 32.2 Å². The number of carbonyl (C=O) groups is 3. The Morgan fingerprint density at radius 1 is 1.09 bits per heavy atom. The Hall–Kier alpha value is -2.61. The predicted molar refractivity (Wildman–Crippen MR) is 118 cm³/mol. The number of rotatable bonds is 1. The second-order valence-corrected chi connectivity index (χ2v) is 8.93. The molecule has 4 rings (SSSR count). The molecule has 3 aliphatic rings. The summed E-state index contributed by atoms with van der Waals surface area (Å²) >= 11 is 0. The summed E-state index contributed by atoms with van der Waals surface area (Å²) in [5, 5.41) is 3.19. The van der Waals surface area contributed by atoms with Crippen molar-refractivity contribution < 1.29 is 23.9 Å². The SMILES string of the molecule is COC(=O)[C@@H]1C[C@@H]2CN1C(=O)CNCCCCCCCc1cccc3c1CN(C3)C(=O)O2. The average molecular weight is 444 g/mol. The molecule has 0 unspecified atom stereocenters. The summed E-state index contributed by atoms with van der Waals surface area (Å²) in [5.41, 5.74) is 3.73. The van der Waals surface area contributed by atoms with Gasteiger partial charge in [-0.15, -0.1) is 0 Å². The number of carbonyl (C=O) groups excluding carboxylic acids is 3. The van der Waals surface area contributed by atoms with Crippen LogP contribution in [0.5, 0.6) is 0 Å². The van der Waals surface area contributed by atoms with E-state index in [2.05, 4.69) is 23.5 Å². The minimum atomic E-state index is -0.722. The number of ether oxygens (including phenoxy) is 2. The van der Waals surface area contributed by atoms with Crippen molar-refractivity contribution in [3.05, 3.63) is 34.9 Å². The minimum absolute atomic E-state index is 0.164. The molecule has 8 heteroatoms. The van der Waals surface area contributed by atoms with Crippen LogP contribution in [0, 0.1) is 0 Å². The van der Waals surface area contributed by atoms with Crippen LogP contribution in [0.25, 0.3) is 0 Å². The van der Waals surface area contributed by atoms with Crippen molar-refractivity contribution in [2.75, 3.05) is 26.7 Å². The van der Waals surface area contributed by atoms with Crippen molar-refractivity contribution in [2.24, 2.45) is 0 Å². The molecule has 1 aromatic carbocycles. The Morgan fingerprint density at radius 3 is 2.72 bits per heavy atom. The summed E-state index contributed by atoms with van der Waals surface area (Å²) in [6.45, 7) is 2.21. The van der Waals surface area contributed by atoms with Crippen LogP contribution in [0.1, 0.15) is 55.2 Å². The molecule has 0 aliphatic carbocycles. The molecule has 32 heavy (non-hydrogen) atoms. The molecule has 0 saturated carbocycles. The molecule has 1 saturated heterocycles. The van der Waals surface area contributed by atoms with Gasteiger partial charge >= 0.3 is 12.1 Å². The molecule has 1 aromatic rings. The lowest BCUT2D eigenvalue weighted by molar-refractivity contribution is -0.150. The van der Waals surface area contributed by atoms with Crippen LogP contribution >= 0.6 is 0 Å². The molecule has 0 spiro atoms. The van der Waals surface area contributed by atoms with Gasteiger partial charge in [-0.25, -0.2) is 9.59 Å². The maximum Gasteiger partial charge on any atom is 0.410 e. The Labute approximate surface area is 189 Å². The van der Waals surface area contributed by atoms with Crippen molar-refractivity contribution in [1.29, 1.82) is 0 Å². The van der Waals surface area contributed by atoms with Crippen LogP contribution in [0.3, 0.4) is 0 Å². The van der Waals surface area contributed by atoms with Crippen LogP contribution in [-0.4, -0.2) is 66.7 Å². The first-order valence-electron chi connectivity index (χ1n) is 11.7. The zero-order valence-electron chi connectivity index (χ0n) is 18.8. The Balaban J connectivity index is 1.49. The molecular formula is C24H33N3O5. The van der Waals surface area contributed by atoms with E-state index >= 15 is 0 Å². The van der Waals surface area contributed by atoms with E-state index in [4.69, 9.17) is 9.47 Å². The molecule has 2 amide bonds. The second kappa shape index (κ2) is 10.3. The Kier molecular flexibility index (Phi) is 7.29. The molecule has 0 aromatic heterocycles. The number of nitrogens with zero attached hydrogens (tertiary/aromatic N) is 2. The van der Waals surface area contributed by atoms with Gasteiger partial charge in [0.25, 0.3) is 0 Å². The zero-order chi connectivity index (χ0) is 22.5. The quantitative estimate of drug-likeness (QED) is 0.671. The van der Waals surface area contributed by atoms with E-state index in [-0.39, 0.29) is 25.4 Å². The highest BCUT2D eigenvalue weighted by atomic mass is 16.6. The fourth-order valence-corrected chi connectivity index (χ4v) is 4.98. The highest BCUT2D eigenvalue weighted by molar-refractivity contribution is 5.86. The number of aryl methyl sites for hydroxylation is 1. The van der Waals surface area contributed by atoms with E-state index in [0.29, 0.717) is 13.1 Å². The third-order valence-electron chi connectivity index (χ3n) is 6.74. The van der Waals surface area contributed by atoms with Gasteiger partial charge < -0.3 is 19.7 Å². The van der Waals surface area contributed by atoms with Gasteiger partial charge in [-0.2, -0.15) is 0 Å². The normalized spacial score (nSPS) is 25.0. The Morgan fingerprint density at radius 2 is 1.88 bits per heavy atom. The first-order chi connectivity index (χ1) is 15.6. The number of methoxy groups -OCH3 is 1. The third-order valence-corrected chi connectivity index (χ3v) is 6.74. The summed E-state index contributed by atoms with van der Waals surface area (Å²) in [7, 11) is 1.31. The predicted octanol–water partition coefficient (Wildman–Crippen LogP) is 2.38.